The Hall–Kier alpha value is -2.66. The molecule has 0 radical (unpaired) electrons. The molecule has 184 valence electrons. The molecule has 0 fully saturated rings. The Morgan fingerprint density at radius 1 is 1.09 bits per heavy atom. The number of benzene rings is 2. The van der Waals surface area contributed by atoms with E-state index in [9.17, 15) is 5.11 Å². The number of halogens is 1. The minimum Gasteiger partial charge on any atom is -0.387 e. The quantitative estimate of drug-likeness (QED) is 0.148. The molecule has 0 amide bonds. The van der Waals surface area contributed by atoms with Crippen LogP contribution in [0.1, 0.15) is 35.3 Å². The van der Waals surface area contributed by atoms with Gasteiger partial charge in [0.2, 0.25) is 0 Å². The Morgan fingerprint density at radius 2 is 1.85 bits per heavy atom. The molecule has 1 aromatic heterocycles. The first kappa shape index (κ1) is 27.6. The van der Waals surface area contributed by atoms with Gasteiger partial charge in [-0.25, -0.2) is 4.99 Å². The molecule has 0 aliphatic carbocycles. The summed E-state index contributed by atoms with van der Waals surface area (Å²) in [6, 6.07) is 18.3. The molecule has 3 N–H and O–H groups in total. The number of guanidine groups is 1. The van der Waals surface area contributed by atoms with Crippen molar-refractivity contribution in [2.24, 2.45) is 12.0 Å². The molecular weight excluding hydrogens is 541 g/mol. The van der Waals surface area contributed by atoms with Crippen molar-refractivity contribution in [1.82, 2.24) is 25.4 Å². The molecule has 2 aromatic carbocycles. The van der Waals surface area contributed by atoms with Crippen LogP contribution in [0.25, 0.3) is 0 Å². The summed E-state index contributed by atoms with van der Waals surface area (Å²) < 4.78 is 1.93. The van der Waals surface area contributed by atoms with E-state index in [-0.39, 0.29) is 24.0 Å². The summed E-state index contributed by atoms with van der Waals surface area (Å²) in [5.41, 5.74) is 3.21. The molecule has 3 aromatic rings. The highest BCUT2D eigenvalue weighted by molar-refractivity contribution is 14.0. The number of aliphatic hydroxyl groups is 1. The molecule has 1 unspecified atom stereocenters. The molecule has 1 atom stereocenters. The number of para-hydroxylation sites is 1. The Kier molecular flexibility index (Phi) is 11.3. The van der Waals surface area contributed by atoms with Crippen molar-refractivity contribution < 1.29 is 5.11 Å². The first-order valence-electron chi connectivity index (χ1n) is 11.3. The van der Waals surface area contributed by atoms with Gasteiger partial charge in [0.15, 0.2) is 11.8 Å². The molecule has 0 aliphatic rings. The minimum absolute atomic E-state index is 0. The van der Waals surface area contributed by atoms with E-state index < -0.39 is 6.10 Å². The van der Waals surface area contributed by atoms with Gasteiger partial charge in [-0.3, -0.25) is 0 Å². The van der Waals surface area contributed by atoms with Crippen LogP contribution in [-0.2, 0) is 13.6 Å². The number of nitrogens with zero attached hydrogens (tertiary/aromatic N) is 5. The molecule has 0 spiro atoms. The zero-order valence-electron chi connectivity index (χ0n) is 20.4. The van der Waals surface area contributed by atoms with Crippen LogP contribution in [0.2, 0.25) is 0 Å². The van der Waals surface area contributed by atoms with Gasteiger partial charge in [0.05, 0.1) is 6.10 Å². The molecule has 8 nitrogen and oxygen atoms in total. The van der Waals surface area contributed by atoms with E-state index in [2.05, 4.69) is 49.9 Å². The normalized spacial score (nSPS) is 12.1. The molecular formula is C25H36IN7O. The molecule has 0 aliphatic heterocycles. The molecule has 0 bridgehead atoms. The number of aliphatic hydroxyl groups excluding tert-OH is 1. The zero-order chi connectivity index (χ0) is 23.6. The van der Waals surface area contributed by atoms with Crippen molar-refractivity contribution in [2.75, 3.05) is 31.6 Å². The fraction of sp³-hybridized carbons (Fsp3) is 0.400. The molecule has 3 rings (SSSR count). The van der Waals surface area contributed by atoms with Crippen molar-refractivity contribution in [3.05, 3.63) is 77.4 Å². The predicted molar refractivity (Wildman–Crippen MR) is 149 cm³/mol. The van der Waals surface area contributed by atoms with Crippen molar-refractivity contribution in [1.29, 1.82) is 0 Å². The number of anilines is 1. The average Bonchev–Trinajstić information content (AvgIpc) is 3.15. The second kappa shape index (κ2) is 13.9. The predicted octanol–water partition coefficient (Wildman–Crippen LogP) is 3.35. The van der Waals surface area contributed by atoms with Crippen LogP contribution >= 0.6 is 24.0 Å². The first-order valence-corrected chi connectivity index (χ1v) is 11.3. The van der Waals surface area contributed by atoms with E-state index in [0.717, 1.165) is 42.3 Å². The fourth-order valence-electron chi connectivity index (χ4n) is 3.44. The van der Waals surface area contributed by atoms with Crippen LogP contribution in [0.3, 0.4) is 0 Å². The summed E-state index contributed by atoms with van der Waals surface area (Å²) in [4.78, 5) is 6.90. The van der Waals surface area contributed by atoms with Crippen molar-refractivity contribution in [3.8, 4) is 0 Å². The van der Waals surface area contributed by atoms with Crippen molar-refractivity contribution >= 4 is 35.6 Å². The summed E-state index contributed by atoms with van der Waals surface area (Å²) in [5, 5.41) is 25.6. The van der Waals surface area contributed by atoms with Gasteiger partial charge in [-0.2, -0.15) is 0 Å². The third-order valence-electron chi connectivity index (χ3n) is 5.61. The lowest BCUT2D eigenvalue weighted by Gasteiger charge is -2.20. The highest BCUT2D eigenvalue weighted by Crippen LogP contribution is 2.13. The number of hydrogen-bond donors (Lipinski definition) is 3. The van der Waals surface area contributed by atoms with Gasteiger partial charge in [0.25, 0.3) is 0 Å². The largest absolute Gasteiger partial charge is 0.387 e. The highest BCUT2D eigenvalue weighted by Gasteiger charge is 2.10. The van der Waals surface area contributed by atoms with Crippen LogP contribution in [0.15, 0.2) is 59.6 Å². The van der Waals surface area contributed by atoms with Gasteiger partial charge >= 0.3 is 0 Å². The van der Waals surface area contributed by atoms with Gasteiger partial charge in [-0.15, -0.1) is 34.2 Å². The second-order valence-corrected chi connectivity index (χ2v) is 8.24. The van der Waals surface area contributed by atoms with E-state index in [1.54, 1.807) is 0 Å². The lowest BCUT2D eigenvalue weighted by atomic mass is 10.1. The van der Waals surface area contributed by atoms with Crippen LogP contribution in [0, 0.1) is 13.8 Å². The Bertz CT molecular complexity index is 1040. The summed E-state index contributed by atoms with van der Waals surface area (Å²) in [6.07, 6.45) is 0.313. The molecule has 0 saturated carbocycles. The van der Waals surface area contributed by atoms with Gasteiger partial charge in [-0.05, 0) is 38.0 Å². The molecule has 0 saturated heterocycles. The van der Waals surface area contributed by atoms with Gasteiger partial charge < -0.3 is 25.2 Å². The van der Waals surface area contributed by atoms with E-state index in [0.29, 0.717) is 19.0 Å². The van der Waals surface area contributed by atoms with Crippen molar-refractivity contribution in [2.45, 2.75) is 32.9 Å². The maximum Gasteiger partial charge on any atom is 0.191 e. The van der Waals surface area contributed by atoms with Crippen LogP contribution in [0.4, 0.5) is 5.69 Å². The fourth-order valence-corrected chi connectivity index (χ4v) is 3.44. The summed E-state index contributed by atoms with van der Waals surface area (Å²) >= 11 is 0. The number of hydrogen-bond acceptors (Lipinski definition) is 5. The van der Waals surface area contributed by atoms with E-state index in [1.165, 1.54) is 5.69 Å². The third kappa shape index (κ3) is 8.28. The van der Waals surface area contributed by atoms with E-state index in [4.69, 9.17) is 0 Å². The Morgan fingerprint density at radius 3 is 2.53 bits per heavy atom. The lowest BCUT2D eigenvalue weighted by molar-refractivity contribution is 0.180. The third-order valence-corrected chi connectivity index (χ3v) is 5.61. The summed E-state index contributed by atoms with van der Waals surface area (Å²) in [6.45, 7) is 6.36. The second-order valence-electron chi connectivity index (χ2n) is 8.24. The average molecular weight is 578 g/mol. The van der Waals surface area contributed by atoms with Crippen LogP contribution in [0.5, 0.6) is 0 Å². The SMILES string of the molecule is Cc1cccc(C(O)CNC(=NCc2nnc(C)n2C)NCCCN(C)c2ccccc2)c1.I. The number of aryl methyl sites for hydroxylation is 2. The molecule has 34 heavy (non-hydrogen) atoms. The number of rotatable bonds is 10. The van der Waals surface area contributed by atoms with E-state index in [1.807, 2.05) is 67.9 Å². The Labute approximate surface area is 219 Å². The summed E-state index contributed by atoms with van der Waals surface area (Å²) in [7, 11) is 4.03. The molecule has 1 heterocycles. The number of nitrogens with one attached hydrogen (secondary N) is 2. The van der Waals surface area contributed by atoms with Gasteiger partial charge in [0.1, 0.15) is 12.4 Å². The molecule has 9 heteroatoms. The first-order chi connectivity index (χ1) is 15.9. The van der Waals surface area contributed by atoms with Gasteiger partial charge in [0, 0.05) is 39.4 Å². The summed E-state index contributed by atoms with van der Waals surface area (Å²) in [5.74, 6) is 2.28. The number of aliphatic imine (C=N–C) groups is 1. The Balaban J connectivity index is 0.00000408. The highest BCUT2D eigenvalue weighted by atomic mass is 127. The minimum atomic E-state index is -0.627. The van der Waals surface area contributed by atoms with Gasteiger partial charge in [-0.1, -0.05) is 48.0 Å². The smallest absolute Gasteiger partial charge is 0.191 e. The van der Waals surface area contributed by atoms with Crippen LogP contribution < -0.4 is 15.5 Å². The monoisotopic (exact) mass is 577 g/mol. The zero-order valence-corrected chi connectivity index (χ0v) is 22.7. The maximum atomic E-state index is 10.6. The maximum absolute atomic E-state index is 10.6. The number of aromatic nitrogens is 3. The van der Waals surface area contributed by atoms with Crippen molar-refractivity contribution in [3.63, 3.8) is 0 Å². The van der Waals surface area contributed by atoms with Crippen LogP contribution in [-0.4, -0.2) is 52.5 Å². The lowest BCUT2D eigenvalue weighted by Crippen LogP contribution is -2.40. The van der Waals surface area contributed by atoms with E-state index >= 15 is 0 Å². The standard InChI is InChI=1S/C25H35N7O.HI/c1-19-10-8-11-21(16-19)23(33)17-27-25(28-18-24-30-29-20(2)32(24)4)26-14-9-15-31(3)22-12-6-5-7-13-22;/h5-8,10-13,16,23,33H,9,14-15,17-18H2,1-4H3,(H2,26,27,28);1H. The topological polar surface area (TPSA) is 90.6 Å².